The second-order valence-electron chi connectivity index (χ2n) is 36.3. The second kappa shape index (κ2) is 44.0. The number of urea groups is 2. The van der Waals surface area contributed by atoms with Gasteiger partial charge >= 0.3 is 12.1 Å². The van der Waals surface area contributed by atoms with Crippen molar-refractivity contribution in [2.75, 3.05) is 128 Å². The molecule has 150 heavy (non-hydrogen) atoms. The molecule has 0 spiro atoms. The van der Waals surface area contributed by atoms with Gasteiger partial charge in [0.1, 0.15) is 39.3 Å². The number of aromatic nitrogens is 24. The number of fused-ring (bicyclic) bond motifs is 8. The number of hydrogen-bond acceptors (Lipinski definition) is 25. The zero-order valence-corrected chi connectivity index (χ0v) is 84.3. The number of nitrogens with zero attached hydrogens (tertiary/aromatic N) is 24. The number of piperazine rings is 1. The molecule has 9 amide bonds. The number of carbonyl (C=O) groups excluding carboxylic acids is 7. The summed E-state index contributed by atoms with van der Waals surface area (Å²) in [6, 6.07) is 37.1. The van der Waals surface area contributed by atoms with Crippen LogP contribution < -0.4 is 21.3 Å². The van der Waals surface area contributed by atoms with E-state index in [2.05, 4.69) is 156 Å². The van der Waals surface area contributed by atoms with Crippen LogP contribution in [0.1, 0.15) is 98.8 Å². The number of hydrogen-bond donors (Lipinski definition) is 12. The fourth-order valence-electron chi connectivity index (χ4n) is 18.1. The average Bonchev–Trinajstić information content (AvgIpc) is 1.63. The third-order valence-electron chi connectivity index (χ3n) is 26.5. The van der Waals surface area contributed by atoms with Crippen LogP contribution in [0.5, 0.6) is 0 Å². The Morgan fingerprint density at radius 1 is 0.373 bits per heavy atom. The van der Waals surface area contributed by atoms with Crippen molar-refractivity contribution in [3.8, 4) is 90.6 Å². The minimum Gasteiger partial charge on any atom is -0.339 e. The molecule has 43 heteroatoms. The Hall–Kier alpha value is -18.9. The fraction of sp³-hybridized carbons (Fsp3) is 0.252. The Morgan fingerprint density at radius 3 is 1.03 bits per heavy atom. The largest absolute Gasteiger partial charge is 0.339 e. The van der Waals surface area contributed by atoms with Gasteiger partial charge in [-0.2, -0.15) is 20.4 Å². The van der Waals surface area contributed by atoms with Gasteiger partial charge in [-0.3, -0.25) is 64.3 Å². The molecule has 2 aliphatic heterocycles. The van der Waals surface area contributed by atoms with E-state index in [1.807, 2.05) is 150 Å². The zero-order chi connectivity index (χ0) is 104. The van der Waals surface area contributed by atoms with Gasteiger partial charge in [0.15, 0.2) is 45.9 Å². The van der Waals surface area contributed by atoms with Gasteiger partial charge in [0.05, 0.1) is 120 Å². The number of piperidine rings is 1. The minimum atomic E-state index is -0.242. The van der Waals surface area contributed by atoms with Crippen molar-refractivity contribution in [3.63, 3.8) is 0 Å². The number of carbonyl (C=O) groups is 7. The monoisotopic (exact) mass is 2010 g/mol. The van der Waals surface area contributed by atoms with E-state index in [9.17, 15) is 33.6 Å². The van der Waals surface area contributed by atoms with Crippen LogP contribution in [-0.2, 0) is 9.59 Å². The summed E-state index contributed by atoms with van der Waals surface area (Å²) < 4.78 is 0. The summed E-state index contributed by atoms with van der Waals surface area (Å²) in [6.07, 6.45) is 22.4. The Labute approximate surface area is 858 Å². The Bertz CT molecular complexity index is 8270. The number of amides is 9. The van der Waals surface area contributed by atoms with E-state index >= 15 is 0 Å². The molecule has 0 unspecified atom stereocenters. The predicted octanol–water partition coefficient (Wildman–Crippen LogP) is 16.8. The van der Waals surface area contributed by atoms with Crippen LogP contribution in [0.3, 0.4) is 0 Å². The lowest BCUT2D eigenvalue weighted by atomic mass is 9.96. The molecule has 4 aromatic carbocycles. The molecule has 43 nitrogen and oxygen atoms in total. The smallest absolute Gasteiger partial charge is 0.321 e. The van der Waals surface area contributed by atoms with Crippen LogP contribution >= 0.6 is 0 Å². The van der Waals surface area contributed by atoms with Crippen LogP contribution in [-0.4, -0.2) is 303 Å². The maximum Gasteiger partial charge on any atom is 0.321 e. The molecule has 2 aliphatic rings. The molecular formula is C107H108N36O7. The van der Waals surface area contributed by atoms with Gasteiger partial charge in [-0.05, 0) is 173 Å². The van der Waals surface area contributed by atoms with E-state index in [-0.39, 0.29) is 47.5 Å². The fourth-order valence-corrected chi connectivity index (χ4v) is 18.1. The Kier molecular flexibility index (Phi) is 29.3. The standard InChI is InChI=1S/C30H33N9O2.C29H32N10O2.C26H27N9O2.C22H16N8O/c1-4-39(5-2)30(41)22-7-6-8-24-25(22)35-28(34-24)26-23-14-20(16-32-27(23)37-36-26)19-13-21(17-31-15-19)33-29(40)18-9-11-38(3)12-10-18;1-4-38(5-2)28(40)21-7-6-8-23-24(21)34-27(33-23)25-22-14-19(16-31-26(22)36-35-25)18-13-20(17-30-15-18)32-29(41)39-11-9-37(3)10-12-39;1-5-35(6-2)25(36)18-8-7-9-20-21(18)31-24(30-20)22-19-11-16(13-28-23(19)33-32-22)15-10-17(14-27-12-15)29-26(37)34(3)4;1-3-18(31)26-14-7-12(9-24-11-14)13-8-15-19(29-30-21(15)25-10-13)22-27-17-6-4-5-16(23-2)20(17)28-22/h6-8,13-18H,4-5,9-12H2,1-3H3,(H,33,40)(H,34,35)(H,32,36,37);6-8,13-17H,4-5,9-12H2,1-3H3,(H,32,41)(H,33,34)(H,31,35,36);7-14H,5-6H2,1-4H3,(H,29,37)(H,30,31)(H,28,32,33);4-11H,3H2,1H3,(H,26,31)(H,27,28)(H,25,29,30). The number of imidazole rings is 4. The predicted molar refractivity (Wildman–Crippen MR) is 575 cm³/mol. The quantitative estimate of drug-likeness (QED) is 0.0265. The number of likely N-dealkylation sites (tertiary alicyclic amines) is 1. The summed E-state index contributed by atoms with van der Waals surface area (Å²) in [7, 11) is 7.48. The van der Waals surface area contributed by atoms with Gasteiger partial charge in [-0.1, -0.05) is 37.3 Å². The van der Waals surface area contributed by atoms with Crippen LogP contribution in [0.15, 0.2) is 196 Å². The molecule has 0 saturated carbocycles. The highest BCUT2D eigenvalue weighted by Gasteiger charge is 2.30. The topological polar surface area (TPSA) is 527 Å². The summed E-state index contributed by atoms with van der Waals surface area (Å²) in [5.41, 5.74) is 21.5. The number of H-pyrrole nitrogens is 8. The van der Waals surface area contributed by atoms with Crippen LogP contribution in [0.25, 0.3) is 184 Å². The zero-order valence-electron chi connectivity index (χ0n) is 84.3. The van der Waals surface area contributed by atoms with Gasteiger partial charge in [0.25, 0.3) is 17.7 Å². The van der Waals surface area contributed by atoms with E-state index in [0.717, 1.165) is 127 Å². The van der Waals surface area contributed by atoms with Crippen molar-refractivity contribution in [2.45, 2.75) is 67.7 Å². The molecule has 18 heterocycles. The van der Waals surface area contributed by atoms with Crippen molar-refractivity contribution in [2.24, 2.45) is 5.92 Å². The van der Waals surface area contributed by atoms with Gasteiger partial charge in [-0.15, -0.1) is 0 Å². The first kappa shape index (κ1) is 99.9. The summed E-state index contributed by atoms with van der Waals surface area (Å²) in [5, 5.41) is 44.3. The molecule has 2 saturated heterocycles. The number of anilines is 4. The first-order valence-corrected chi connectivity index (χ1v) is 49.4. The first-order valence-electron chi connectivity index (χ1n) is 49.4. The van der Waals surface area contributed by atoms with Crippen molar-refractivity contribution in [1.82, 2.24) is 155 Å². The van der Waals surface area contributed by atoms with Gasteiger partial charge < -0.3 is 75.5 Å². The third-order valence-corrected chi connectivity index (χ3v) is 26.5. The normalized spacial score (nSPS) is 12.8. The van der Waals surface area contributed by atoms with Crippen LogP contribution in [0.2, 0.25) is 0 Å². The molecule has 22 rings (SSSR count). The molecule has 20 aromatic rings. The minimum absolute atomic E-state index is 0.00741. The van der Waals surface area contributed by atoms with Crippen molar-refractivity contribution >= 4 is 158 Å². The maximum atomic E-state index is 13.1. The molecule has 2 fully saturated rings. The van der Waals surface area contributed by atoms with Gasteiger partial charge in [0, 0.05) is 186 Å². The van der Waals surface area contributed by atoms with Crippen molar-refractivity contribution < 1.29 is 33.6 Å². The molecule has 12 N–H and O–H groups in total. The lowest BCUT2D eigenvalue weighted by Crippen LogP contribution is -2.48. The second-order valence-corrected chi connectivity index (χ2v) is 36.3. The van der Waals surface area contributed by atoms with E-state index in [4.69, 9.17) is 21.5 Å². The van der Waals surface area contributed by atoms with Crippen molar-refractivity contribution in [3.05, 3.63) is 224 Å². The summed E-state index contributed by atoms with van der Waals surface area (Å²) >= 11 is 0. The summed E-state index contributed by atoms with van der Waals surface area (Å²) in [4.78, 5) is 173. The van der Waals surface area contributed by atoms with Crippen LogP contribution in [0, 0.1) is 12.5 Å². The Balaban J connectivity index is 0.000000126. The molecule has 0 aliphatic carbocycles. The third kappa shape index (κ3) is 21.1. The highest BCUT2D eigenvalue weighted by molar-refractivity contribution is 6.10. The lowest BCUT2D eigenvalue weighted by molar-refractivity contribution is -0.121. The molecule has 16 aromatic heterocycles. The molecular weight excluding hydrogens is 1900 g/mol. The maximum absolute atomic E-state index is 13.1. The number of aromatic amines is 8. The van der Waals surface area contributed by atoms with Gasteiger partial charge in [0.2, 0.25) is 17.5 Å². The molecule has 758 valence electrons. The number of nitrogens with one attached hydrogen (secondary N) is 12. The lowest BCUT2D eigenvalue weighted by Gasteiger charge is -2.32. The number of rotatable bonds is 23. The van der Waals surface area contributed by atoms with E-state index in [0.29, 0.717) is 195 Å². The SMILES string of the molecule is CCN(CC)C(=O)c1cccc2[nH]c(-c3[nH]nc4ncc(-c5cncc(NC(=O)C6CCN(C)CC6)c5)cc34)nc12.CCN(CC)C(=O)c1cccc2[nH]c(-c3[nH]nc4ncc(-c5cncc(NC(=O)N(C)C)c5)cc34)nc12.CCN(CC)C(=O)c1cccc2[nH]c(-c3[nH]nc4ncc(-c5cncc(NC(=O)N6CCN(C)CC6)c5)cc34)nc12.[C-]#[N+]c1cccc2[nH]c(-c3[nH]nc4ncc(-c5cncc(NC(=O)CC)c5)cc34)nc12. The van der Waals surface area contributed by atoms with E-state index < -0.39 is 0 Å². The number of pyridine rings is 8. The highest BCUT2D eigenvalue weighted by Crippen LogP contribution is 2.39. The highest BCUT2D eigenvalue weighted by atomic mass is 16.2. The van der Waals surface area contributed by atoms with E-state index in [1.165, 1.54) is 4.90 Å². The first-order chi connectivity index (χ1) is 72.9. The van der Waals surface area contributed by atoms with E-state index in [1.54, 1.807) is 128 Å². The summed E-state index contributed by atoms with van der Waals surface area (Å²) in [5.74, 6) is 2.08. The number of para-hydroxylation sites is 4. The average molecular weight is 2010 g/mol. The van der Waals surface area contributed by atoms with Gasteiger partial charge in [-0.25, -0.2) is 54.3 Å². The number of likely N-dealkylation sites (N-methyl/N-ethyl adjacent to an activating group) is 1. The Morgan fingerprint density at radius 2 is 0.687 bits per heavy atom. The summed E-state index contributed by atoms with van der Waals surface area (Å²) in [6.45, 7) is 29.6. The molecule has 0 bridgehead atoms. The molecule has 0 atom stereocenters. The van der Waals surface area contributed by atoms with Crippen LogP contribution in [0.4, 0.5) is 38.0 Å². The number of benzene rings is 4. The van der Waals surface area contributed by atoms with Crippen molar-refractivity contribution in [1.29, 1.82) is 0 Å². The molecule has 0 radical (unpaired) electrons.